The zero-order chi connectivity index (χ0) is 19.4. The first-order valence-corrected chi connectivity index (χ1v) is 10.2. The number of hydrogen-bond acceptors (Lipinski definition) is 4. The highest BCUT2D eigenvalue weighted by Crippen LogP contribution is 2.45. The minimum Gasteiger partial charge on any atom is -1.00 e. The van der Waals surface area contributed by atoms with E-state index >= 15 is 0 Å². The van der Waals surface area contributed by atoms with Gasteiger partial charge in [-0.15, -0.1) is 0 Å². The Kier molecular flexibility index (Phi) is 5.25. The van der Waals surface area contributed by atoms with E-state index in [0.29, 0.717) is 6.79 Å². The van der Waals surface area contributed by atoms with Crippen molar-refractivity contribution in [2.45, 2.75) is 26.3 Å². The van der Waals surface area contributed by atoms with Crippen LogP contribution in [-0.4, -0.2) is 21.0 Å². The first-order chi connectivity index (χ1) is 13.7. The summed E-state index contributed by atoms with van der Waals surface area (Å²) in [6, 6.07) is 8.45. The summed E-state index contributed by atoms with van der Waals surface area (Å²) in [5.74, 6) is 3.18. The number of aromatic nitrogens is 1. The molecule has 0 bridgehead atoms. The van der Waals surface area contributed by atoms with Crippen LogP contribution in [0.1, 0.15) is 18.2 Å². The van der Waals surface area contributed by atoms with E-state index in [1.54, 1.807) is 14.2 Å². The number of ether oxygens (including phenoxy) is 4. The number of methoxy groups -OCH3 is 2. The molecule has 5 nitrogen and oxygen atoms in total. The number of aryl methyl sites for hydroxylation is 2. The molecule has 0 saturated carbocycles. The SMILES string of the molecule is CCc1c2c(OC)c(OC)cc(Br)c2cc2[n+]1CCc1cc3c(cc1-2)OCO3.[Cl-]. The second kappa shape index (κ2) is 7.58. The molecule has 0 spiro atoms. The lowest BCUT2D eigenvalue weighted by atomic mass is 9.93. The van der Waals surface area contributed by atoms with Gasteiger partial charge in [-0.25, -0.2) is 0 Å². The third-order valence-electron chi connectivity index (χ3n) is 5.66. The fourth-order valence-electron chi connectivity index (χ4n) is 4.41. The molecule has 0 atom stereocenters. The summed E-state index contributed by atoms with van der Waals surface area (Å²) in [6.45, 7) is 3.39. The van der Waals surface area contributed by atoms with Gasteiger partial charge in [-0.2, -0.15) is 4.57 Å². The van der Waals surface area contributed by atoms with Crippen LogP contribution in [0.15, 0.2) is 28.7 Å². The fourth-order valence-corrected chi connectivity index (χ4v) is 4.93. The molecule has 0 amide bonds. The highest BCUT2D eigenvalue weighted by Gasteiger charge is 2.32. The maximum Gasteiger partial charge on any atom is 0.231 e. The van der Waals surface area contributed by atoms with E-state index in [1.807, 2.05) is 6.07 Å². The summed E-state index contributed by atoms with van der Waals surface area (Å²) in [7, 11) is 3.37. The third-order valence-corrected chi connectivity index (χ3v) is 6.32. The number of pyridine rings is 1. The molecule has 0 N–H and O–H groups in total. The van der Waals surface area contributed by atoms with Gasteiger partial charge in [0.1, 0.15) is 0 Å². The van der Waals surface area contributed by atoms with Gasteiger partial charge in [-0.3, -0.25) is 0 Å². The van der Waals surface area contributed by atoms with Crippen molar-refractivity contribution in [3.05, 3.63) is 40.0 Å². The molecule has 2 aromatic carbocycles. The molecule has 152 valence electrons. The van der Waals surface area contributed by atoms with Gasteiger partial charge in [-0.1, -0.05) is 22.9 Å². The van der Waals surface area contributed by atoms with Crippen molar-refractivity contribution >= 4 is 26.7 Å². The first kappa shape index (κ1) is 20.1. The molecular weight excluding hydrogens is 458 g/mol. The minimum absolute atomic E-state index is 0. The van der Waals surface area contributed by atoms with Crippen LogP contribution in [0.3, 0.4) is 0 Å². The van der Waals surface area contributed by atoms with Crippen LogP contribution in [0.25, 0.3) is 22.0 Å². The van der Waals surface area contributed by atoms with Crippen molar-refractivity contribution in [1.29, 1.82) is 0 Å². The van der Waals surface area contributed by atoms with E-state index in [1.165, 1.54) is 22.5 Å². The van der Waals surface area contributed by atoms with Crippen molar-refractivity contribution in [1.82, 2.24) is 0 Å². The predicted octanol–water partition coefficient (Wildman–Crippen LogP) is 1.43. The number of nitrogens with zero attached hydrogens (tertiary/aromatic N) is 1. The molecule has 0 radical (unpaired) electrons. The van der Waals surface area contributed by atoms with Gasteiger partial charge in [0, 0.05) is 28.8 Å². The molecule has 7 heteroatoms. The van der Waals surface area contributed by atoms with Crippen LogP contribution in [0.5, 0.6) is 23.0 Å². The highest BCUT2D eigenvalue weighted by molar-refractivity contribution is 9.10. The molecule has 1 aromatic heterocycles. The van der Waals surface area contributed by atoms with Gasteiger partial charge in [0.25, 0.3) is 0 Å². The molecule has 2 aliphatic rings. The Bertz CT molecular complexity index is 1130. The monoisotopic (exact) mass is 477 g/mol. The van der Waals surface area contributed by atoms with Crippen LogP contribution in [0.4, 0.5) is 0 Å². The molecule has 5 rings (SSSR count). The van der Waals surface area contributed by atoms with Gasteiger partial charge in [-0.05, 0) is 23.8 Å². The van der Waals surface area contributed by atoms with E-state index in [2.05, 4.69) is 45.6 Å². The van der Waals surface area contributed by atoms with Crippen molar-refractivity contribution in [2.75, 3.05) is 21.0 Å². The molecule has 0 saturated heterocycles. The van der Waals surface area contributed by atoms with E-state index in [9.17, 15) is 0 Å². The van der Waals surface area contributed by atoms with Crippen LogP contribution >= 0.6 is 15.9 Å². The van der Waals surface area contributed by atoms with Crippen molar-refractivity contribution < 1.29 is 35.9 Å². The Hall–Kier alpha value is -2.18. The summed E-state index contributed by atoms with van der Waals surface area (Å²) >= 11 is 3.74. The van der Waals surface area contributed by atoms with E-state index in [0.717, 1.165) is 57.6 Å². The quantitative estimate of drug-likeness (QED) is 0.534. The summed E-state index contributed by atoms with van der Waals surface area (Å²) in [5, 5.41) is 2.22. The maximum absolute atomic E-state index is 5.77. The average Bonchev–Trinajstić information content (AvgIpc) is 3.18. The summed E-state index contributed by atoms with van der Waals surface area (Å²) in [5.41, 5.74) is 4.93. The lowest BCUT2D eigenvalue weighted by molar-refractivity contribution is -0.693. The predicted molar refractivity (Wildman–Crippen MR) is 110 cm³/mol. The van der Waals surface area contributed by atoms with Crippen LogP contribution in [0.2, 0.25) is 0 Å². The van der Waals surface area contributed by atoms with E-state index in [4.69, 9.17) is 18.9 Å². The topological polar surface area (TPSA) is 40.8 Å². The molecule has 0 fully saturated rings. The van der Waals surface area contributed by atoms with Crippen molar-refractivity contribution in [2.24, 2.45) is 0 Å². The first-order valence-electron chi connectivity index (χ1n) is 9.39. The van der Waals surface area contributed by atoms with Crippen molar-refractivity contribution in [3.8, 4) is 34.3 Å². The molecule has 0 unspecified atom stereocenters. The second-order valence-corrected chi connectivity index (χ2v) is 7.83. The van der Waals surface area contributed by atoms with E-state index < -0.39 is 0 Å². The van der Waals surface area contributed by atoms with Gasteiger partial charge in [0.2, 0.25) is 12.5 Å². The Labute approximate surface area is 184 Å². The summed E-state index contributed by atoms with van der Waals surface area (Å²) in [6.07, 6.45) is 1.84. The third kappa shape index (κ3) is 2.92. The maximum atomic E-state index is 5.77. The molecule has 0 aliphatic carbocycles. The summed E-state index contributed by atoms with van der Waals surface area (Å²) < 4.78 is 26.0. The second-order valence-electron chi connectivity index (χ2n) is 6.98. The number of halogens is 2. The average molecular weight is 479 g/mol. The van der Waals surface area contributed by atoms with Crippen LogP contribution < -0.4 is 35.9 Å². The molecule has 3 aromatic rings. The molecule has 2 aliphatic heterocycles. The van der Waals surface area contributed by atoms with Gasteiger partial charge in [0.05, 0.1) is 25.2 Å². The fraction of sp³-hybridized carbons (Fsp3) is 0.318. The van der Waals surface area contributed by atoms with Gasteiger partial charge >= 0.3 is 0 Å². The standard InChI is InChI=1S/C22H21BrNO4.ClH/c1-4-16-21-14(15(23)10-20(25-2)22(21)26-3)8-17-13-9-19-18(27-11-28-19)7-12(13)5-6-24(16)17;/h7-10H,4-6,11H2,1-3H3;1H/q+1;/p-1. The van der Waals surface area contributed by atoms with Gasteiger partial charge in [0.15, 0.2) is 35.2 Å². The summed E-state index contributed by atoms with van der Waals surface area (Å²) in [4.78, 5) is 0. The smallest absolute Gasteiger partial charge is 0.231 e. The molecule has 29 heavy (non-hydrogen) atoms. The number of fused-ring (bicyclic) bond motifs is 5. The largest absolute Gasteiger partial charge is 1.00 e. The zero-order valence-electron chi connectivity index (χ0n) is 16.5. The zero-order valence-corrected chi connectivity index (χ0v) is 18.8. The lowest BCUT2D eigenvalue weighted by Crippen LogP contribution is -3.00. The molecule has 3 heterocycles. The molecular formula is C22H21BrClNO4. The number of hydrogen-bond donors (Lipinski definition) is 0. The Morgan fingerprint density at radius 1 is 1.07 bits per heavy atom. The van der Waals surface area contributed by atoms with Crippen LogP contribution in [0, 0.1) is 0 Å². The normalized spacial score (nSPS) is 13.5. The Morgan fingerprint density at radius 3 is 2.52 bits per heavy atom. The van der Waals surface area contributed by atoms with Gasteiger partial charge < -0.3 is 31.4 Å². The number of rotatable bonds is 3. The Balaban J connectivity index is 0.00000205. The van der Waals surface area contributed by atoms with Crippen LogP contribution in [-0.2, 0) is 19.4 Å². The minimum atomic E-state index is 0. The lowest BCUT2D eigenvalue weighted by Gasteiger charge is -2.21. The highest BCUT2D eigenvalue weighted by atomic mass is 79.9. The number of benzene rings is 2. The Morgan fingerprint density at radius 2 is 1.83 bits per heavy atom. The van der Waals surface area contributed by atoms with Crippen molar-refractivity contribution in [3.63, 3.8) is 0 Å². The van der Waals surface area contributed by atoms with E-state index in [-0.39, 0.29) is 12.4 Å².